The molecule has 0 amide bonds. The lowest BCUT2D eigenvalue weighted by Gasteiger charge is -1.83. The van der Waals surface area contributed by atoms with Crippen molar-refractivity contribution >= 4 is 21.7 Å². The molecule has 1 heterocycles. The van der Waals surface area contributed by atoms with E-state index in [9.17, 15) is 10.1 Å². The summed E-state index contributed by atoms with van der Waals surface area (Å²) in [6.45, 7) is 0. The van der Waals surface area contributed by atoms with E-state index in [1.807, 2.05) is 0 Å². The number of nitro groups is 1. The summed E-state index contributed by atoms with van der Waals surface area (Å²) in [6, 6.07) is 0. The van der Waals surface area contributed by atoms with Gasteiger partial charge in [0.1, 0.15) is 4.47 Å². The van der Waals surface area contributed by atoms with E-state index in [4.69, 9.17) is 0 Å². The molecule has 1 aromatic heterocycles. The Morgan fingerprint density at radius 3 is 2.78 bits per heavy atom. The van der Waals surface area contributed by atoms with Crippen LogP contribution in [-0.4, -0.2) is 15.1 Å². The predicted octanol–water partition coefficient (Wildman–Crippen LogP) is 1.08. The molecule has 6 heteroatoms. The van der Waals surface area contributed by atoms with Crippen molar-refractivity contribution in [1.29, 1.82) is 0 Å². The van der Waals surface area contributed by atoms with Crippen LogP contribution in [-0.2, 0) is 0 Å². The van der Waals surface area contributed by atoms with E-state index >= 15 is 0 Å². The van der Waals surface area contributed by atoms with Crippen molar-refractivity contribution in [3.63, 3.8) is 0 Å². The fraction of sp³-hybridized carbons (Fsp3) is 0. The smallest absolute Gasteiger partial charge is 0.358 e. The van der Waals surface area contributed by atoms with Crippen molar-refractivity contribution in [3.8, 4) is 0 Å². The largest absolute Gasteiger partial charge is 0.403 e. The number of hydrogen-bond acceptors (Lipinski definition) is 3. The third-order valence-corrected chi connectivity index (χ3v) is 1.33. The first-order valence-electron chi connectivity index (χ1n) is 2.05. The molecule has 0 aliphatic rings. The zero-order chi connectivity index (χ0) is 6.85. The van der Waals surface area contributed by atoms with E-state index in [1.165, 1.54) is 6.20 Å². The molecular weight excluding hydrogens is 190 g/mol. The quantitative estimate of drug-likeness (QED) is 0.534. The summed E-state index contributed by atoms with van der Waals surface area (Å²) < 4.78 is 0.368. The van der Waals surface area contributed by atoms with Crippen molar-refractivity contribution in [2.45, 2.75) is 0 Å². The van der Waals surface area contributed by atoms with E-state index in [0.717, 1.165) is 0 Å². The summed E-state index contributed by atoms with van der Waals surface area (Å²) in [7, 11) is 0. The molecule has 0 spiro atoms. The molecule has 1 N–H and O–H groups in total. The molecule has 0 aromatic carbocycles. The van der Waals surface area contributed by atoms with Gasteiger partial charge in [-0.05, 0) is 20.9 Å². The summed E-state index contributed by atoms with van der Waals surface area (Å²) in [4.78, 5) is 9.41. The molecule has 0 radical (unpaired) electrons. The average molecular weight is 192 g/mol. The molecule has 1 rings (SSSR count). The van der Waals surface area contributed by atoms with Gasteiger partial charge in [0.25, 0.3) is 0 Å². The minimum atomic E-state index is -0.569. The zero-order valence-corrected chi connectivity index (χ0v) is 5.75. The van der Waals surface area contributed by atoms with Gasteiger partial charge in [-0.2, -0.15) is 5.10 Å². The Morgan fingerprint density at radius 1 is 1.89 bits per heavy atom. The van der Waals surface area contributed by atoms with Crippen LogP contribution in [0.1, 0.15) is 0 Å². The van der Waals surface area contributed by atoms with Gasteiger partial charge in [-0.3, -0.25) is 0 Å². The SMILES string of the molecule is O=[N+]([O-])c1n[nH]cc1Br. The number of halogens is 1. The first-order valence-corrected chi connectivity index (χ1v) is 2.85. The number of nitrogens with zero attached hydrogens (tertiary/aromatic N) is 2. The Bertz CT molecular complexity index is 233. The van der Waals surface area contributed by atoms with Crippen molar-refractivity contribution < 1.29 is 4.92 Å². The maximum Gasteiger partial charge on any atom is 0.403 e. The topological polar surface area (TPSA) is 71.8 Å². The minimum absolute atomic E-state index is 0.185. The molecule has 0 aliphatic carbocycles. The highest BCUT2D eigenvalue weighted by Crippen LogP contribution is 2.19. The maximum absolute atomic E-state index is 9.98. The first-order chi connectivity index (χ1) is 4.22. The zero-order valence-electron chi connectivity index (χ0n) is 4.17. The highest BCUT2D eigenvalue weighted by Gasteiger charge is 2.13. The van der Waals surface area contributed by atoms with Gasteiger partial charge < -0.3 is 10.1 Å². The van der Waals surface area contributed by atoms with Crippen LogP contribution < -0.4 is 0 Å². The van der Waals surface area contributed by atoms with Crippen LogP contribution in [0.5, 0.6) is 0 Å². The van der Waals surface area contributed by atoms with Gasteiger partial charge in [-0.15, -0.1) is 0 Å². The molecular formula is C3H2BrN3O2. The number of aromatic nitrogens is 2. The average Bonchev–Trinajstić information content (AvgIpc) is 2.13. The summed E-state index contributed by atoms with van der Waals surface area (Å²) >= 11 is 2.93. The van der Waals surface area contributed by atoms with Crippen LogP contribution in [0.4, 0.5) is 5.82 Å². The van der Waals surface area contributed by atoms with Gasteiger partial charge in [0.15, 0.2) is 0 Å². The molecule has 48 valence electrons. The lowest BCUT2D eigenvalue weighted by Crippen LogP contribution is -1.87. The third-order valence-electron chi connectivity index (χ3n) is 0.748. The first kappa shape index (κ1) is 6.21. The van der Waals surface area contributed by atoms with Crippen LogP contribution in [0.15, 0.2) is 10.7 Å². The normalized spacial score (nSPS) is 9.44. The number of aromatic amines is 1. The lowest BCUT2D eigenvalue weighted by molar-refractivity contribution is -0.390. The van der Waals surface area contributed by atoms with Gasteiger partial charge in [0, 0.05) is 0 Å². The number of hydrogen-bond donors (Lipinski definition) is 1. The van der Waals surface area contributed by atoms with Crippen molar-refractivity contribution in [2.24, 2.45) is 0 Å². The Kier molecular flexibility index (Phi) is 1.48. The highest BCUT2D eigenvalue weighted by atomic mass is 79.9. The summed E-state index contributed by atoms with van der Waals surface area (Å²) in [5, 5.41) is 15.7. The molecule has 0 bridgehead atoms. The highest BCUT2D eigenvalue weighted by molar-refractivity contribution is 9.10. The molecule has 0 fully saturated rings. The van der Waals surface area contributed by atoms with Gasteiger partial charge in [0.2, 0.25) is 0 Å². The molecule has 0 atom stereocenters. The maximum atomic E-state index is 9.98. The predicted molar refractivity (Wildman–Crippen MR) is 32.9 cm³/mol. The van der Waals surface area contributed by atoms with Crippen LogP contribution in [0.2, 0.25) is 0 Å². The van der Waals surface area contributed by atoms with E-state index in [0.29, 0.717) is 4.47 Å². The van der Waals surface area contributed by atoms with Crippen molar-refractivity contribution in [2.75, 3.05) is 0 Å². The summed E-state index contributed by atoms with van der Waals surface area (Å²) in [5.41, 5.74) is 0. The van der Waals surface area contributed by atoms with Crippen LogP contribution in [0.25, 0.3) is 0 Å². The number of rotatable bonds is 1. The molecule has 9 heavy (non-hydrogen) atoms. The van der Waals surface area contributed by atoms with Gasteiger partial charge in [-0.1, -0.05) is 0 Å². The van der Waals surface area contributed by atoms with Gasteiger partial charge >= 0.3 is 5.82 Å². The summed E-state index contributed by atoms with van der Waals surface area (Å²) in [6.07, 6.45) is 1.40. The molecule has 0 saturated carbocycles. The minimum Gasteiger partial charge on any atom is -0.358 e. The monoisotopic (exact) mass is 191 g/mol. The van der Waals surface area contributed by atoms with E-state index < -0.39 is 4.92 Å². The van der Waals surface area contributed by atoms with Crippen molar-refractivity contribution in [3.05, 3.63) is 20.8 Å². The Morgan fingerprint density at radius 2 is 2.56 bits per heavy atom. The molecule has 5 nitrogen and oxygen atoms in total. The third kappa shape index (κ3) is 1.07. The van der Waals surface area contributed by atoms with Crippen LogP contribution in [0.3, 0.4) is 0 Å². The number of nitrogens with one attached hydrogen (secondary N) is 1. The Labute approximate surface area is 58.3 Å². The molecule has 0 aliphatic heterocycles. The van der Waals surface area contributed by atoms with Crippen LogP contribution >= 0.6 is 15.9 Å². The fourth-order valence-electron chi connectivity index (χ4n) is 0.396. The van der Waals surface area contributed by atoms with E-state index in [-0.39, 0.29) is 5.82 Å². The van der Waals surface area contributed by atoms with E-state index in [1.54, 1.807) is 0 Å². The molecule has 1 aromatic rings. The second kappa shape index (κ2) is 2.14. The van der Waals surface area contributed by atoms with Gasteiger partial charge in [0.05, 0.1) is 11.3 Å². The molecule has 0 unspecified atom stereocenters. The van der Waals surface area contributed by atoms with Gasteiger partial charge in [-0.25, -0.2) is 0 Å². The molecule has 0 saturated heterocycles. The standard InChI is InChI=1S/C3H2BrN3O2/c4-2-1-5-6-3(2)7(8)9/h1H,(H,5,6). The fourth-order valence-corrected chi connectivity index (χ4v) is 0.732. The van der Waals surface area contributed by atoms with Crippen LogP contribution in [0, 0.1) is 10.1 Å². The Balaban J connectivity index is 3.08. The lowest BCUT2D eigenvalue weighted by atomic mass is 10.7. The van der Waals surface area contributed by atoms with E-state index in [2.05, 4.69) is 26.1 Å². The summed E-state index contributed by atoms with van der Waals surface area (Å²) in [5.74, 6) is -0.185. The Hall–Kier alpha value is -0.910. The second-order valence-corrected chi connectivity index (χ2v) is 2.17. The second-order valence-electron chi connectivity index (χ2n) is 1.31. The number of H-pyrrole nitrogens is 1. The van der Waals surface area contributed by atoms with Crippen molar-refractivity contribution in [1.82, 2.24) is 10.2 Å².